The molecule has 0 saturated carbocycles. The van der Waals surface area contributed by atoms with E-state index in [9.17, 15) is 13.9 Å². The first-order valence-corrected chi connectivity index (χ1v) is 7.24. The van der Waals surface area contributed by atoms with E-state index < -0.39 is 23.8 Å². The van der Waals surface area contributed by atoms with E-state index in [0.29, 0.717) is 25.4 Å². The molecule has 0 spiro atoms. The SMILES string of the molecule is Cc1nc(CN2C[C@H](O)C[C@@H]2c2cc(F)ccc2F)oc1C. The van der Waals surface area contributed by atoms with Gasteiger partial charge < -0.3 is 9.52 Å². The van der Waals surface area contributed by atoms with Gasteiger partial charge in [-0.25, -0.2) is 13.8 Å². The Morgan fingerprint density at radius 1 is 1.36 bits per heavy atom. The highest BCUT2D eigenvalue weighted by Gasteiger charge is 2.34. The zero-order chi connectivity index (χ0) is 15.9. The molecular weight excluding hydrogens is 290 g/mol. The molecule has 1 aliphatic heterocycles. The molecule has 22 heavy (non-hydrogen) atoms. The first-order valence-electron chi connectivity index (χ1n) is 7.24. The molecular formula is C16H18F2N2O2. The average molecular weight is 308 g/mol. The zero-order valence-electron chi connectivity index (χ0n) is 12.5. The molecule has 3 rings (SSSR count). The highest BCUT2D eigenvalue weighted by atomic mass is 19.1. The zero-order valence-corrected chi connectivity index (χ0v) is 12.5. The summed E-state index contributed by atoms with van der Waals surface area (Å²) in [6, 6.07) is 3.01. The topological polar surface area (TPSA) is 49.5 Å². The van der Waals surface area contributed by atoms with Crippen molar-refractivity contribution in [2.75, 3.05) is 6.54 Å². The van der Waals surface area contributed by atoms with Crippen LogP contribution >= 0.6 is 0 Å². The van der Waals surface area contributed by atoms with E-state index in [0.717, 1.165) is 23.6 Å². The number of hydrogen-bond acceptors (Lipinski definition) is 4. The molecule has 4 nitrogen and oxygen atoms in total. The monoisotopic (exact) mass is 308 g/mol. The number of aliphatic hydroxyl groups excluding tert-OH is 1. The van der Waals surface area contributed by atoms with Crippen LogP contribution in [0, 0.1) is 25.5 Å². The van der Waals surface area contributed by atoms with Crippen molar-refractivity contribution >= 4 is 0 Å². The number of likely N-dealkylation sites (tertiary alicyclic amines) is 1. The summed E-state index contributed by atoms with van der Waals surface area (Å²) in [7, 11) is 0. The van der Waals surface area contributed by atoms with Crippen LogP contribution in [0.5, 0.6) is 0 Å². The number of halogens is 2. The fraction of sp³-hybridized carbons (Fsp3) is 0.438. The average Bonchev–Trinajstić information content (AvgIpc) is 2.96. The molecule has 1 aromatic carbocycles. The van der Waals surface area contributed by atoms with E-state index in [2.05, 4.69) is 4.98 Å². The Morgan fingerprint density at radius 2 is 2.14 bits per heavy atom. The molecule has 6 heteroatoms. The number of β-amino-alcohol motifs (C(OH)–C–C–N with tert-alkyl or cyclic N) is 1. The van der Waals surface area contributed by atoms with Gasteiger partial charge in [0.15, 0.2) is 0 Å². The van der Waals surface area contributed by atoms with Crippen LogP contribution in [0.3, 0.4) is 0 Å². The second-order valence-corrected chi connectivity index (χ2v) is 5.75. The quantitative estimate of drug-likeness (QED) is 0.947. The fourth-order valence-corrected chi connectivity index (χ4v) is 2.93. The van der Waals surface area contributed by atoms with Crippen LogP contribution in [0.15, 0.2) is 22.6 Å². The summed E-state index contributed by atoms with van der Waals surface area (Å²) in [5.41, 5.74) is 1.07. The minimum atomic E-state index is -0.579. The van der Waals surface area contributed by atoms with Gasteiger partial charge >= 0.3 is 0 Å². The third-order valence-corrected chi connectivity index (χ3v) is 4.11. The lowest BCUT2D eigenvalue weighted by Crippen LogP contribution is -2.25. The van der Waals surface area contributed by atoms with Crippen LogP contribution in [0.2, 0.25) is 0 Å². The van der Waals surface area contributed by atoms with Crippen molar-refractivity contribution in [3.05, 3.63) is 52.7 Å². The van der Waals surface area contributed by atoms with Gasteiger partial charge in [-0.05, 0) is 38.5 Å². The lowest BCUT2D eigenvalue weighted by Gasteiger charge is -2.23. The summed E-state index contributed by atoms with van der Waals surface area (Å²) < 4.78 is 33.0. The van der Waals surface area contributed by atoms with Gasteiger partial charge in [0.05, 0.1) is 18.3 Å². The Morgan fingerprint density at radius 3 is 2.82 bits per heavy atom. The van der Waals surface area contributed by atoms with Crippen molar-refractivity contribution < 1.29 is 18.3 Å². The summed E-state index contributed by atoms with van der Waals surface area (Å²) >= 11 is 0. The molecule has 1 aromatic heterocycles. The molecule has 0 amide bonds. The smallest absolute Gasteiger partial charge is 0.208 e. The van der Waals surface area contributed by atoms with Crippen molar-refractivity contribution in [3.8, 4) is 0 Å². The third kappa shape index (κ3) is 2.89. The Balaban J connectivity index is 1.87. The van der Waals surface area contributed by atoms with Crippen LogP contribution in [0.1, 0.15) is 35.4 Å². The normalized spacial score (nSPS) is 22.4. The van der Waals surface area contributed by atoms with Crippen molar-refractivity contribution in [2.24, 2.45) is 0 Å². The second-order valence-electron chi connectivity index (χ2n) is 5.75. The fourth-order valence-electron chi connectivity index (χ4n) is 2.93. The molecule has 118 valence electrons. The van der Waals surface area contributed by atoms with Gasteiger partial charge in [0.1, 0.15) is 17.4 Å². The van der Waals surface area contributed by atoms with E-state index in [1.54, 1.807) is 0 Å². The predicted molar refractivity (Wildman–Crippen MR) is 76.1 cm³/mol. The maximum absolute atomic E-state index is 14.0. The van der Waals surface area contributed by atoms with Gasteiger partial charge in [-0.15, -0.1) is 0 Å². The molecule has 0 aliphatic carbocycles. The highest BCUT2D eigenvalue weighted by Crippen LogP contribution is 2.35. The molecule has 2 aromatic rings. The van der Waals surface area contributed by atoms with E-state index in [1.807, 2.05) is 18.7 Å². The molecule has 0 bridgehead atoms. The van der Waals surface area contributed by atoms with Crippen molar-refractivity contribution in [1.82, 2.24) is 9.88 Å². The van der Waals surface area contributed by atoms with Crippen LogP contribution in [0.4, 0.5) is 8.78 Å². The van der Waals surface area contributed by atoms with Gasteiger partial charge in [-0.2, -0.15) is 0 Å². The summed E-state index contributed by atoms with van der Waals surface area (Å²) in [6.45, 7) is 4.41. The number of hydrogen-bond donors (Lipinski definition) is 1. The molecule has 1 N–H and O–H groups in total. The standard InChI is InChI=1S/C16H18F2N2O2/c1-9-10(2)22-16(19-9)8-20-7-12(21)6-15(20)13-5-11(17)3-4-14(13)18/h3-5,12,15,21H,6-8H2,1-2H3/t12-,15-/m1/s1. The summed E-state index contributed by atoms with van der Waals surface area (Å²) in [6.07, 6.45) is -0.219. The maximum atomic E-state index is 14.0. The number of rotatable bonds is 3. The number of nitrogens with zero attached hydrogens (tertiary/aromatic N) is 2. The summed E-state index contributed by atoms with van der Waals surface area (Å²) in [5.74, 6) is 0.306. The van der Waals surface area contributed by atoms with E-state index in [1.165, 1.54) is 6.07 Å². The van der Waals surface area contributed by atoms with Crippen LogP contribution in [-0.2, 0) is 6.54 Å². The largest absolute Gasteiger partial charge is 0.444 e. The molecule has 1 saturated heterocycles. The predicted octanol–water partition coefficient (Wildman–Crippen LogP) is 2.88. The maximum Gasteiger partial charge on any atom is 0.208 e. The van der Waals surface area contributed by atoms with E-state index >= 15 is 0 Å². The summed E-state index contributed by atoms with van der Waals surface area (Å²) in [5, 5.41) is 9.92. The summed E-state index contributed by atoms with van der Waals surface area (Å²) in [4.78, 5) is 6.18. The number of benzene rings is 1. The number of aromatic nitrogens is 1. The number of aryl methyl sites for hydroxylation is 2. The second kappa shape index (κ2) is 5.78. The van der Waals surface area contributed by atoms with Crippen LogP contribution < -0.4 is 0 Å². The molecule has 2 heterocycles. The highest BCUT2D eigenvalue weighted by molar-refractivity contribution is 5.24. The van der Waals surface area contributed by atoms with Crippen LogP contribution in [-0.4, -0.2) is 27.6 Å². The van der Waals surface area contributed by atoms with Crippen molar-refractivity contribution in [1.29, 1.82) is 0 Å². The van der Waals surface area contributed by atoms with Gasteiger partial charge in [0, 0.05) is 18.2 Å². The van der Waals surface area contributed by atoms with Crippen LogP contribution in [0.25, 0.3) is 0 Å². The number of oxazole rings is 1. The molecule has 1 aliphatic rings. The molecule has 0 unspecified atom stereocenters. The van der Waals surface area contributed by atoms with Crippen molar-refractivity contribution in [3.63, 3.8) is 0 Å². The molecule has 2 atom stereocenters. The number of aliphatic hydroxyl groups is 1. The third-order valence-electron chi connectivity index (χ3n) is 4.11. The Bertz CT molecular complexity index is 667. The minimum Gasteiger partial charge on any atom is -0.444 e. The lowest BCUT2D eigenvalue weighted by atomic mass is 10.0. The lowest BCUT2D eigenvalue weighted by molar-refractivity contribution is 0.166. The van der Waals surface area contributed by atoms with E-state index in [4.69, 9.17) is 4.42 Å². The van der Waals surface area contributed by atoms with Gasteiger partial charge in [0.25, 0.3) is 0 Å². The minimum absolute atomic E-state index is 0.261. The van der Waals surface area contributed by atoms with Gasteiger partial charge in [0.2, 0.25) is 5.89 Å². The Labute approximate surface area is 127 Å². The Kier molecular flexibility index (Phi) is 3.97. The molecule has 0 radical (unpaired) electrons. The van der Waals surface area contributed by atoms with Crippen molar-refractivity contribution in [2.45, 2.75) is 39.0 Å². The van der Waals surface area contributed by atoms with E-state index in [-0.39, 0.29) is 5.56 Å². The van der Waals surface area contributed by atoms with Gasteiger partial charge in [-0.1, -0.05) is 0 Å². The first-order chi connectivity index (χ1) is 10.4. The molecule has 1 fully saturated rings. The first kappa shape index (κ1) is 15.1. The Hall–Kier alpha value is -1.79. The van der Waals surface area contributed by atoms with Gasteiger partial charge in [-0.3, -0.25) is 4.90 Å².